The summed E-state index contributed by atoms with van der Waals surface area (Å²) in [4.78, 5) is 24.2. The monoisotopic (exact) mass is 326 g/mol. The summed E-state index contributed by atoms with van der Waals surface area (Å²) >= 11 is 7.59. The molecule has 0 aliphatic carbocycles. The molecule has 0 aliphatic heterocycles. The van der Waals surface area contributed by atoms with E-state index in [4.69, 9.17) is 11.6 Å². The number of anilines is 1. The van der Waals surface area contributed by atoms with E-state index >= 15 is 0 Å². The highest BCUT2D eigenvalue weighted by atomic mass is 35.5. The molecule has 0 fully saturated rings. The summed E-state index contributed by atoms with van der Waals surface area (Å²) in [6.07, 6.45) is 0. The van der Waals surface area contributed by atoms with Crippen LogP contribution < -0.4 is 4.90 Å². The Balaban J connectivity index is 2.46. The Morgan fingerprint density at radius 2 is 2.24 bits per heavy atom. The molecule has 1 aromatic carbocycles. The average molecular weight is 327 g/mol. The van der Waals surface area contributed by atoms with Gasteiger partial charge in [0.15, 0.2) is 0 Å². The fourth-order valence-corrected chi connectivity index (χ4v) is 3.07. The Morgan fingerprint density at radius 1 is 1.52 bits per heavy atom. The molecule has 21 heavy (non-hydrogen) atoms. The van der Waals surface area contributed by atoms with Crippen LogP contribution in [0.4, 0.5) is 11.4 Å². The second kappa shape index (κ2) is 6.11. The largest absolute Gasteiger partial charge is 0.478 e. The summed E-state index contributed by atoms with van der Waals surface area (Å²) in [6.45, 7) is 0.468. The molecule has 0 aliphatic rings. The Hall–Kier alpha value is -2.12. The molecular weight excluding hydrogens is 316 g/mol. The summed E-state index contributed by atoms with van der Waals surface area (Å²) in [7, 11) is 1.69. The van der Waals surface area contributed by atoms with E-state index in [-0.39, 0.29) is 22.0 Å². The molecule has 0 amide bonds. The number of hydrogen-bond acceptors (Lipinski definition) is 5. The Morgan fingerprint density at radius 3 is 2.76 bits per heavy atom. The van der Waals surface area contributed by atoms with Gasteiger partial charge in [-0.05, 0) is 11.4 Å². The Kier molecular flexibility index (Phi) is 4.44. The van der Waals surface area contributed by atoms with Gasteiger partial charge in [0.25, 0.3) is 5.69 Å². The number of halogens is 1. The van der Waals surface area contributed by atoms with E-state index in [1.54, 1.807) is 11.9 Å². The van der Waals surface area contributed by atoms with Crippen LogP contribution in [0.1, 0.15) is 15.2 Å². The molecule has 1 N–H and O–H groups in total. The second-order valence-electron chi connectivity index (χ2n) is 4.32. The number of nitro benzene ring substituents is 1. The molecule has 0 radical (unpaired) electrons. The minimum absolute atomic E-state index is 0.0423. The van der Waals surface area contributed by atoms with E-state index in [0.29, 0.717) is 6.54 Å². The highest BCUT2D eigenvalue weighted by Crippen LogP contribution is 2.34. The fourth-order valence-electron chi connectivity index (χ4n) is 1.96. The maximum absolute atomic E-state index is 11.4. The molecular formula is C13H11ClN2O4S. The first-order chi connectivity index (χ1) is 9.90. The lowest BCUT2D eigenvalue weighted by Crippen LogP contribution is -2.19. The number of carboxylic acid groups (broad SMARTS) is 1. The highest BCUT2D eigenvalue weighted by Gasteiger charge is 2.22. The van der Waals surface area contributed by atoms with Crippen LogP contribution in [-0.2, 0) is 6.54 Å². The molecule has 2 aromatic rings. The molecule has 1 aromatic heterocycles. The number of aromatic carboxylic acids is 1. The summed E-state index contributed by atoms with van der Waals surface area (Å²) in [6, 6.07) is 5.99. The number of thiophene rings is 1. The third-order valence-corrected chi connectivity index (χ3v) is 3.99. The molecule has 0 atom stereocenters. The van der Waals surface area contributed by atoms with Crippen molar-refractivity contribution in [2.24, 2.45) is 0 Å². The molecule has 6 nitrogen and oxygen atoms in total. The number of nitro groups is 1. The van der Waals surface area contributed by atoms with Crippen molar-refractivity contribution in [3.05, 3.63) is 55.2 Å². The summed E-state index contributed by atoms with van der Waals surface area (Å²) in [5.74, 6) is -1.26. The highest BCUT2D eigenvalue weighted by molar-refractivity contribution is 7.09. The normalized spacial score (nSPS) is 10.4. The third-order valence-electron chi connectivity index (χ3n) is 2.84. The van der Waals surface area contributed by atoms with Crippen LogP contribution >= 0.6 is 22.9 Å². The van der Waals surface area contributed by atoms with Gasteiger partial charge in [0.1, 0.15) is 0 Å². The molecule has 2 rings (SSSR count). The van der Waals surface area contributed by atoms with Gasteiger partial charge in [-0.1, -0.05) is 17.7 Å². The van der Waals surface area contributed by atoms with E-state index in [9.17, 15) is 20.0 Å². The molecule has 0 saturated heterocycles. The SMILES string of the molecule is CN(Cc1cccs1)c1c(Cl)cc([N+](=O)[O-])cc1C(=O)O. The first-order valence-corrected chi connectivity index (χ1v) is 7.10. The number of rotatable bonds is 5. The van der Waals surface area contributed by atoms with Crippen LogP contribution in [0.5, 0.6) is 0 Å². The van der Waals surface area contributed by atoms with Crippen LogP contribution in [0.3, 0.4) is 0 Å². The minimum atomic E-state index is -1.26. The van der Waals surface area contributed by atoms with Crippen molar-refractivity contribution >= 4 is 40.3 Å². The maximum Gasteiger partial charge on any atom is 0.338 e. The molecule has 110 valence electrons. The maximum atomic E-state index is 11.4. The van der Waals surface area contributed by atoms with Crippen molar-refractivity contribution in [2.75, 3.05) is 11.9 Å². The van der Waals surface area contributed by atoms with Crippen molar-refractivity contribution in [3.63, 3.8) is 0 Å². The molecule has 0 bridgehead atoms. The summed E-state index contributed by atoms with van der Waals surface area (Å²) < 4.78 is 0. The predicted octanol–water partition coefficient (Wildman–Crippen LogP) is 3.64. The molecule has 0 unspecified atom stereocenters. The van der Waals surface area contributed by atoms with E-state index in [1.807, 2.05) is 17.5 Å². The van der Waals surface area contributed by atoms with Crippen molar-refractivity contribution in [2.45, 2.75) is 6.54 Å². The molecule has 1 heterocycles. The zero-order chi connectivity index (χ0) is 15.6. The van der Waals surface area contributed by atoms with Crippen molar-refractivity contribution < 1.29 is 14.8 Å². The number of nitrogens with zero attached hydrogens (tertiary/aromatic N) is 2. The van der Waals surface area contributed by atoms with Gasteiger partial charge >= 0.3 is 5.97 Å². The van der Waals surface area contributed by atoms with Crippen LogP contribution in [0.25, 0.3) is 0 Å². The van der Waals surface area contributed by atoms with Crippen molar-refractivity contribution in [3.8, 4) is 0 Å². The van der Waals surface area contributed by atoms with Gasteiger partial charge in [0.05, 0.1) is 27.7 Å². The van der Waals surface area contributed by atoms with Gasteiger partial charge in [0, 0.05) is 24.1 Å². The lowest BCUT2D eigenvalue weighted by Gasteiger charge is -2.21. The number of carboxylic acids is 1. The van der Waals surface area contributed by atoms with Crippen molar-refractivity contribution in [1.29, 1.82) is 0 Å². The lowest BCUT2D eigenvalue weighted by atomic mass is 10.1. The quantitative estimate of drug-likeness (QED) is 0.669. The lowest BCUT2D eigenvalue weighted by molar-refractivity contribution is -0.384. The number of hydrogen-bond donors (Lipinski definition) is 1. The average Bonchev–Trinajstić information content (AvgIpc) is 2.90. The van der Waals surface area contributed by atoms with Gasteiger partial charge in [-0.15, -0.1) is 11.3 Å². The van der Waals surface area contributed by atoms with Crippen LogP contribution in [0.15, 0.2) is 29.6 Å². The van der Waals surface area contributed by atoms with Gasteiger partial charge in [-0.2, -0.15) is 0 Å². The van der Waals surface area contributed by atoms with Crippen LogP contribution in [-0.4, -0.2) is 23.0 Å². The molecule has 8 heteroatoms. The Labute approximate surface area is 129 Å². The van der Waals surface area contributed by atoms with Crippen LogP contribution in [0, 0.1) is 10.1 Å². The summed E-state index contributed by atoms with van der Waals surface area (Å²) in [5, 5.41) is 22.0. The standard InChI is InChI=1S/C13H11ClN2O4S/c1-15(7-9-3-2-4-21-9)12-10(13(17)18)5-8(16(19)20)6-11(12)14/h2-6H,7H2,1H3,(H,17,18). The third kappa shape index (κ3) is 3.32. The van der Waals surface area contributed by atoms with E-state index in [1.165, 1.54) is 11.3 Å². The van der Waals surface area contributed by atoms with Gasteiger partial charge < -0.3 is 10.0 Å². The van der Waals surface area contributed by atoms with E-state index in [0.717, 1.165) is 17.0 Å². The summed E-state index contributed by atoms with van der Waals surface area (Å²) in [5.41, 5.74) is -0.262. The van der Waals surface area contributed by atoms with E-state index < -0.39 is 10.9 Å². The smallest absolute Gasteiger partial charge is 0.338 e. The van der Waals surface area contributed by atoms with Crippen molar-refractivity contribution in [1.82, 2.24) is 0 Å². The molecule has 0 spiro atoms. The minimum Gasteiger partial charge on any atom is -0.478 e. The fraction of sp³-hybridized carbons (Fsp3) is 0.154. The zero-order valence-electron chi connectivity index (χ0n) is 10.9. The van der Waals surface area contributed by atoms with Gasteiger partial charge in [-0.3, -0.25) is 10.1 Å². The van der Waals surface area contributed by atoms with Gasteiger partial charge in [-0.25, -0.2) is 4.79 Å². The second-order valence-corrected chi connectivity index (χ2v) is 5.76. The first kappa shape index (κ1) is 15.3. The topological polar surface area (TPSA) is 83.7 Å². The molecule has 0 saturated carbocycles. The zero-order valence-corrected chi connectivity index (χ0v) is 12.5. The Bertz CT molecular complexity index is 688. The predicted molar refractivity (Wildman–Crippen MR) is 81.5 cm³/mol. The van der Waals surface area contributed by atoms with Gasteiger partial charge in [0.2, 0.25) is 0 Å². The number of non-ortho nitro benzene ring substituents is 1. The van der Waals surface area contributed by atoms with Crippen LogP contribution in [0.2, 0.25) is 5.02 Å². The number of benzene rings is 1. The first-order valence-electron chi connectivity index (χ1n) is 5.85. The van der Waals surface area contributed by atoms with E-state index in [2.05, 4.69) is 0 Å². The number of carbonyl (C=O) groups is 1.